The van der Waals surface area contributed by atoms with Gasteiger partial charge in [0, 0.05) is 57.2 Å². The summed E-state index contributed by atoms with van der Waals surface area (Å²) in [5, 5.41) is 15.8. The van der Waals surface area contributed by atoms with Crippen LogP contribution in [0.2, 0.25) is 0 Å². The number of anilines is 1. The summed E-state index contributed by atoms with van der Waals surface area (Å²) in [5.74, 6) is 0.888. The zero-order valence-electron chi connectivity index (χ0n) is 19.7. The third-order valence-corrected chi connectivity index (χ3v) is 6.02. The van der Waals surface area contributed by atoms with Gasteiger partial charge in [0.05, 0.1) is 11.9 Å². The molecule has 0 spiro atoms. The predicted octanol–water partition coefficient (Wildman–Crippen LogP) is 2.33. The molecule has 178 valence electrons. The van der Waals surface area contributed by atoms with E-state index in [9.17, 15) is 0 Å². The van der Waals surface area contributed by atoms with Gasteiger partial charge >= 0.3 is 6.01 Å². The number of hydrogen-bond donors (Lipinski definition) is 2. The van der Waals surface area contributed by atoms with E-state index in [2.05, 4.69) is 56.7 Å². The van der Waals surface area contributed by atoms with Crippen LogP contribution in [0.4, 0.5) is 5.95 Å². The second-order valence-corrected chi connectivity index (χ2v) is 8.69. The summed E-state index contributed by atoms with van der Waals surface area (Å²) in [7, 11) is 0. The van der Waals surface area contributed by atoms with Crippen molar-refractivity contribution in [2.45, 2.75) is 26.3 Å². The maximum atomic E-state index is 6.02. The van der Waals surface area contributed by atoms with Gasteiger partial charge in [-0.1, -0.05) is 32.0 Å². The molecule has 0 unspecified atom stereocenters. The SMILES string of the molecule is CC(C)c1cnn2c(NCc3ccccc3-n3cccn3)nc(OCCN3CCNCC3)nc12. The summed E-state index contributed by atoms with van der Waals surface area (Å²) < 4.78 is 9.64. The quantitative estimate of drug-likeness (QED) is 0.392. The van der Waals surface area contributed by atoms with Crippen molar-refractivity contribution in [3.63, 3.8) is 0 Å². The summed E-state index contributed by atoms with van der Waals surface area (Å²) in [4.78, 5) is 11.7. The molecule has 5 rings (SSSR count). The van der Waals surface area contributed by atoms with Crippen molar-refractivity contribution in [2.24, 2.45) is 0 Å². The second-order valence-electron chi connectivity index (χ2n) is 8.69. The number of para-hydroxylation sites is 1. The van der Waals surface area contributed by atoms with E-state index < -0.39 is 0 Å². The molecule has 0 radical (unpaired) electrons. The van der Waals surface area contributed by atoms with Crippen molar-refractivity contribution >= 4 is 11.6 Å². The minimum Gasteiger partial charge on any atom is -0.462 e. The van der Waals surface area contributed by atoms with Crippen LogP contribution in [-0.4, -0.2) is 73.6 Å². The van der Waals surface area contributed by atoms with Gasteiger partial charge in [0.15, 0.2) is 5.65 Å². The summed E-state index contributed by atoms with van der Waals surface area (Å²) in [6.45, 7) is 10.3. The molecule has 34 heavy (non-hydrogen) atoms. The Bertz CT molecular complexity index is 1210. The summed E-state index contributed by atoms with van der Waals surface area (Å²) in [6, 6.07) is 10.4. The molecule has 4 heterocycles. The third kappa shape index (κ3) is 4.87. The van der Waals surface area contributed by atoms with E-state index in [1.165, 1.54) is 0 Å². The smallest absolute Gasteiger partial charge is 0.321 e. The van der Waals surface area contributed by atoms with Gasteiger partial charge in [-0.3, -0.25) is 4.90 Å². The molecule has 0 atom stereocenters. The van der Waals surface area contributed by atoms with E-state index in [-0.39, 0.29) is 5.92 Å². The van der Waals surface area contributed by atoms with Gasteiger partial charge in [0.2, 0.25) is 5.95 Å². The van der Waals surface area contributed by atoms with Crippen LogP contribution >= 0.6 is 0 Å². The first kappa shape index (κ1) is 22.3. The van der Waals surface area contributed by atoms with E-state index in [1.54, 1.807) is 10.7 Å². The monoisotopic (exact) mass is 461 g/mol. The first-order chi connectivity index (χ1) is 16.7. The van der Waals surface area contributed by atoms with Crippen LogP contribution < -0.4 is 15.4 Å². The maximum absolute atomic E-state index is 6.02. The second kappa shape index (κ2) is 10.2. The zero-order valence-corrected chi connectivity index (χ0v) is 19.7. The van der Waals surface area contributed by atoms with E-state index in [0.29, 0.717) is 25.1 Å². The first-order valence-corrected chi connectivity index (χ1v) is 11.8. The average Bonchev–Trinajstić information content (AvgIpc) is 3.54. The van der Waals surface area contributed by atoms with E-state index in [0.717, 1.165) is 55.2 Å². The van der Waals surface area contributed by atoms with Crippen LogP contribution in [0.5, 0.6) is 6.01 Å². The fourth-order valence-corrected chi connectivity index (χ4v) is 4.13. The highest BCUT2D eigenvalue weighted by atomic mass is 16.5. The fraction of sp³-hybridized carbons (Fsp3) is 0.417. The number of hydrogen-bond acceptors (Lipinski definition) is 8. The van der Waals surface area contributed by atoms with Gasteiger partial charge in [-0.2, -0.15) is 24.7 Å². The largest absolute Gasteiger partial charge is 0.462 e. The van der Waals surface area contributed by atoms with E-state index in [4.69, 9.17) is 9.72 Å². The van der Waals surface area contributed by atoms with Crippen LogP contribution in [0.1, 0.15) is 30.9 Å². The lowest BCUT2D eigenvalue weighted by Crippen LogP contribution is -2.44. The topological polar surface area (TPSA) is 97.4 Å². The Morgan fingerprint density at radius 2 is 1.94 bits per heavy atom. The highest BCUT2D eigenvalue weighted by molar-refractivity contribution is 5.53. The lowest BCUT2D eigenvalue weighted by Gasteiger charge is -2.26. The van der Waals surface area contributed by atoms with Gasteiger partial charge < -0.3 is 15.4 Å². The Labute approximate surface area is 199 Å². The average molecular weight is 462 g/mol. The van der Waals surface area contributed by atoms with Crippen molar-refractivity contribution in [3.05, 3.63) is 60.0 Å². The lowest BCUT2D eigenvalue weighted by atomic mass is 10.1. The molecular formula is C24H31N9O. The molecule has 10 nitrogen and oxygen atoms in total. The van der Waals surface area contributed by atoms with Crippen molar-refractivity contribution in [2.75, 3.05) is 44.6 Å². The molecule has 0 saturated carbocycles. The number of rotatable bonds is 9. The Hall–Kier alpha value is -3.50. The number of nitrogens with zero attached hydrogens (tertiary/aromatic N) is 7. The number of fused-ring (bicyclic) bond motifs is 1. The van der Waals surface area contributed by atoms with Crippen molar-refractivity contribution in [1.82, 2.24) is 39.6 Å². The zero-order chi connectivity index (χ0) is 23.3. The fourth-order valence-electron chi connectivity index (χ4n) is 4.13. The van der Waals surface area contributed by atoms with Crippen LogP contribution in [0.25, 0.3) is 11.3 Å². The Balaban J connectivity index is 1.38. The molecule has 2 N–H and O–H groups in total. The van der Waals surface area contributed by atoms with Crippen molar-refractivity contribution in [1.29, 1.82) is 0 Å². The molecule has 4 aromatic rings. The molecular weight excluding hydrogens is 430 g/mol. The van der Waals surface area contributed by atoms with E-state index in [1.807, 2.05) is 35.3 Å². The van der Waals surface area contributed by atoms with Gasteiger partial charge in [0.25, 0.3) is 0 Å². The molecule has 1 aliphatic rings. The highest BCUT2D eigenvalue weighted by Crippen LogP contribution is 2.23. The molecule has 0 aliphatic carbocycles. The maximum Gasteiger partial charge on any atom is 0.321 e. The van der Waals surface area contributed by atoms with E-state index >= 15 is 0 Å². The minimum absolute atomic E-state index is 0.287. The van der Waals surface area contributed by atoms with Gasteiger partial charge in [-0.05, 0) is 23.6 Å². The number of aromatic nitrogens is 6. The minimum atomic E-state index is 0.287. The highest BCUT2D eigenvalue weighted by Gasteiger charge is 2.17. The van der Waals surface area contributed by atoms with Gasteiger partial charge in [-0.25, -0.2) is 4.68 Å². The van der Waals surface area contributed by atoms with Crippen molar-refractivity contribution < 1.29 is 4.74 Å². The standard InChI is InChI=1S/C24H31N9O/c1-18(2)20-17-28-33-22(20)29-24(34-15-14-31-12-9-25-10-13-31)30-23(33)26-16-19-6-3-4-7-21(19)32-11-5-8-27-32/h3-8,11,17-18,25H,9-10,12-16H2,1-2H3,(H,26,29,30). The van der Waals surface area contributed by atoms with Gasteiger partial charge in [-0.15, -0.1) is 0 Å². The number of ether oxygens (including phenoxy) is 1. The van der Waals surface area contributed by atoms with Crippen LogP contribution in [0, 0.1) is 0 Å². The number of benzene rings is 1. The molecule has 0 amide bonds. The molecule has 0 bridgehead atoms. The molecule has 3 aromatic heterocycles. The molecule has 1 saturated heterocycles. The Morgan fingerprint density at radius 3 is 2.74 bits per heavy atom. The number of nitrogens with one attached hydrogen (secondary N) is 2. The summed E-state index contributed by atoms with van der Waals surface area (Å²) in [5.41, 5.74) is 3.94. The lowest BCUT2D eigenvalue weighted by molar-refractivity contribution is 0.184. The Kier molecular flexibility index (Phi) is 6.68. The van der Waals surface area contributed by atoms with Crippen molar-refractivity contribution in [3.8, 4) is 11.7 Å². The molecule has 1 aliphatic heterocycles. The molecule has 1 aromatic carbocycles. The molecule has 1 fully saturated rings. The normalized spacial score (nSPS) is 14.7. The predicted molar refractivity (Wildman–Crippen MR) is 131 cm³/mol. The Morgan fingerprint density at radius 1 is 1.09 bits per heavy atom. The third-order valence-electron chi connectivity index (χ3n) is 6.02. The molecule has 10 heteroatoms. The number of piperazine rings is 1. The van der Waals surface area contributed by atoms with Crippen LogP contribution in [0.15, 0.2) is 48.9 Å². The van der Waals surface area contributed by atoms with Crippen LogP contribution in [0.3, 0.4) is 0 Å². The summed E-state index contributed by atoms with van der Waals surface area (Å²) >= 11 is 0. The van der Waals surface area contributed by atoms with Gasteiger partial charge in [0.1, 0.15) is 6.61 Å². The van der Waals surface area contributed by atoms with Crippen LogP contribution in [-0.2, 0) is 6.54 Å². The first-order valence-electron chi connectivity index (χ1n) is 11.8. The summed E-state index contributed by atoms with van der Waals surface area (Å²) in [6.07, 6.45) is 5.58.